The Morgan fingerprint density at radius 2 is 1.28 bits per heavy atom. The summed E-state index contributed by atoms with van der Waals surface area (Å²) in [5.74, 6) is 0. The van der Waals surface area contributed by atoms with Gasteiger partial charge in [-0.3, -0.25) is 0 Å². The van der Waals surface area contributed by atoms with Gasteiger partial charge in [-0.05, 0) is 97.9 Å². The number of hydrogen-bond donors (Lipinski definition) is 1. The maximum absolute atomic E-state index is 3.46. The lowest BCUT2D eigenvalue weighted by atomic mass is 9.93. The van der Waals surface area contributed by atoms with Crippen LogP contribution in [-0.2, 0) is 6.54 Å². The first kappa shape index (κ1) is 20.9. The van der Waals surface area contributed by atoms with Gasteiger partial charge in [0, 0.05) is 23.0 Å². The summed E-state index contributed by atoms with van der Waals surface area (Å²) in [4.78, 5) is 0. The molecule has 6 aromatic carbocycles. The Kier molecular flexibility index (Phi) is 4.14. The second-order valence-corrected chi connectivity index (χ2v) is 10.6. The molecule has 0 unspecified atom stereocenters. The number of rotatable bonds is 2. The van der Waals surface area contributed by atoms with Crippen molar-refractivity contribution in [2.24, 2.45) is 0 Å². The number of fused-ring (bicyclic) bond motifs is 8. The highest BCUT2D eigenvalue weighted by Gasteiger charge is 2.23. The third-order valence-corrected chi connectivity index (χ3v) is 8.61. The average molecular weight is 497 g/mol. The fraction of sp³-hybridized carbons (Fsp3) is 0.0270. The third-order valence-electron chi connectivity index (χ3n) is 8.61. The van der Waals surface area contributed by atoms with Gasteiger partial charge in [-0.2, -0.15) is 0 Å². The Labute approximate surface area is 226 Å². The predicted octanol–water partition coefficient (Wildman–Crippen LogP) is 9.33. The zero-order valence-electron chi connectivity index (χ0n) is 21.3. The topological polar surface area (TPSA) is 17.0 Å². The van der Waals surface area contributed by atoms with Crippen LogP contribution >= 0.6 is 0 Å². The largest absolute Gasteiger partial charge is 0.387 e. The molecule has 1 aromatic heterocycles. The van der Waals surface area contributed by atoms with E-state index in [1.54, 1.807) is 0 Å². The molecule has 182 valence electrons. The summed E-state index contributed by atoms with van der Waals surface area (Å²) < 4.78 is 2.41. The van der Waals surface area contributed by atoms with E-state index in [2.05, 4.69) is 137 Å². The van der Waals surface area contributed by atoms with E-state index in [9.17, 15) is 0 Å². The van der Waals surface area contributed by atoms with Crippen molar-refractivity contribution in [2.75, 3.05) is 0 Å². The normalized spacial score (nSPS) is 13.1. The molecule has 0 bridgehead atoms. The van der Waals surface area contributed by atoms with Crippen molar-refractivity contribution >= 4 is 38.7 Å². The minimum atomic E-state index is 0.834. The summed E-state index contributed by atoms with van der Waals surface area (Å²) in [5, 5.41) is 8.78. The van der Waals surface area contributed by atoms with Crippen molar-refractivity contribution in [3.05, 3.63) is 133 Å². The van der Waals surface area contributed by atoms with Gasteiger partial charge in [0.15, 0.2) is 0 Å². The Hall–Kier alpha value is -5.08. The van der Waals surface area contributed by atoms with Crippen molar-refractivity contribution < 1.29 is 0 Å². The Morgan fingerprint density at radius 1 is 0.538 bits per heavy atom. The maximum atomic E-state index is 3.46. The molecular formula is C37H24N2. The number of benzene rings is 6. The molecule has 0 saturated heterocycles. The highest BCUT2D eigenvalue weighted by Crippen LogP contribution is 2.49. The molecule has 2 nitrogen and oxygen atoms in total. The summed E-state index contributed by atoms with van der Waals surface area (Å²) in [6.45, 7) is 0.834. The molecule has 7 aromatic rings. The molecule has 0 saturated carbocycles. The van der Waals surface area contributed by atoms with Crippen molar-refractivity contribution in [3.8, 4) is 39.1 Å². The molecule has 0 fully saturated rings. The van der Waals surface area contributed by atoms with Crippen molar-refractivity contribution in [2.45, 2.75) is 6.54 Å². The number of para-hydroxylation sites is 1. The van der Waals surface area contributed by atoms with Crippen LogP contribution in [0.2, 0.25) is 0 Å². The van der Waals surface area contributed by atoms with E-state index >= 15 is 0 Å². The van der Waals surface area contributed by atoms with Crippen LogP contribution in [0.3, 0.4) is 0 Å². The molecule has 0 amide bonds. The van der Waals surface area contributed by atoms with Gasteiger partial charge in [0.1, 0.15) is 0 Å². The number of nitrogens with zero attached hydrogens (tertiary/aromatic N) is 1. The van der Waals surface area contributed by atoms with Crippen molar-refractivity contribution in [1.29, 1.82) is 0 Å². The standard InChI is InChI=1S/C37H24N2/c1-2-7-25(8-3-1)39-34-17-14-24(21-32(34)37-33-22-38-20-19-23(33)13-18-35(37)39)26-15-16-31-28-10-5-4-9-27(28)30-12-6-11-29(26)36(30)31/h1-21,38H,22H2. The molecule has 0 radical (unpaired) electrons. The first-order valence-corrected chi connectivity index (χ1v) is 13.6. The van der Waals surface area contributed by atoms with E-state index in [0.717, 1.165) is 6.54 Å². The number of hydrogen-bond acceptors (Lipinski definition) is 1. The monoisotopic (exact) mass is 496 g/mol. The van der Waals surface area contributed by atoms with Gasteiger partial charge in [-0.1, -0.05) is 84.9 Å². The SMILES string of the molecule is C1=Cc2ccc3c(c2CN1)c1cc(-c2ccc4c5c(cccc25)-c2ccccc2-4)ccc1n3-c1ccccc1. The highest BCUT2D eigenvalue weighted by atomic mass is 15.0. The molecule has 1 N–H and O–H groups in total. The van der Waals surface area contributed by atoms with Crippen LogP contribution < -0.4 is 5.32 Å². The Balaban J connectivity index is 1.36. The molecule has 0 spiro atoms. The molecule has 0 atom stereocenters. The Bertz CT molecular complexity index is 2130. The van der Waals surface area contributed by atoms with Crippen LogP contribution in [0.25, 0.3) is 77.7 Å². The van der Waals surface area contributed by atoms with E-state index in [1.807, 2.05) is 0 Å². The molecule has 1 aliphatic heterocycles. The molecule has 2 aliphatic rings. The Morgan fingerprint density at radius 3 is 2.15 bits per heavy atom. The summed E-state index contributed by atoms with van der Waals surface area (Å²) in [6, 6.07) is 42.5. The van der Waals surface area contributed by atoms with Gasteiger partial charge < -0.3 is 9.88 Å². The van der Waals surface area contributed by atoms with Crippen molar-refractivity contribution in [3.63, 3.8) is 0 Å². The molecule has 9 rings (SSSR count). The minimum Gasteiger partial charge on any atom is -0.387 e. The molecule has 2 heterocycles. The van der Waals surface area contributed by atoms with Crippen LogP contribution in [0.5, 0.6) is 0 Å². The van der Waals surface area contributed by atoms with E-state index in [-0.39, 0.29) is 0 Å². The molecule has 39 heavy (non-hydrogen) atoms. The van der Waals surface area contributed by atoms with Crippen LogP contribution in [0.4, 0.5) is 0 Å². The summed E-state index contributed by atoms with van der Waals surface area (Å²) >= 11 is 0. The summed E-state index contributed by atoms with van der Waals surface area (Å²) in [7, 11) is 0. The third kappa shape index (κ3) is 2.81. The van der Waals surface area contributed by atoms with Gasteiger partial charge in [0.05, 0.1) is 11.0 Å². The predicted molar refractivity (Wildman–Crippen MR) is 164 cm³/mol. The van der Waals surface area contributed by atoms with E-state index in [1.165, 1.54) is 82.8 Å². The van der Waals surface area contributed by atoms with E-state index in [4.69, 9.17) is 0 Å². The summed E-state index contributed by atoms with van der Waals surface area (Å²) in [6.07, 6.45) is 4.25. The zero-order valence-corrected chi connectivity index (χ0v) is 21.3. The first-order chi connectivity index (χ1) is 19.4. The number of aromatic nitrogens is 1. The van der Waals surface area contributed by atoms with Crippen LogP contribution in [0.15, 0.2) is 121 Å². The highest BCUT2D eigenvalue weighted by molar-refractivity contribution is 6.19. The molecule has 1 aliphatic carbocycles. The number of nitrogens with one attached hydrogen (secondary N) is 1. The second-order valence-electron chi connectivity index (χ2n) is 10.6. The lowest BCUT2D eigenvalue weighted by Crippen LogP contribution is -2.10. The maximum Gasteiger partial charge on any atom is 0.0544 e. The van der Waals surface area contributed by atoms with Crippen LogP contribution in [0, 0.1) is 0 Å². The second kappa shape index (κ2) is 7.72. The quantitative estimate of drug-likeness (QED) is 0.252. The van der Waals surface area contributed by atoms with E-state index in [0.29, 0.717) is 0 Å². The first-order valence-electron chi connectivity index (χ1n) is 13.6. The summed E-state index contributed by atoms with van der Waals surface area (Å²) in [5.41, 5.74) is 14.2. The van der Waals surface area contributed by atoms with Gasteiger partial charge in [0.25, 0.3) is 0 Å². The minimum absolute atomic E-state index is 0.834. The van der Waals surface area contributed by atoms with Crippen molar-refractivity contribution in [1.82, 2.24) is 9.88 Å². The lowest BCUT2D eigenvalue weighted by molar-refractivity contribution is 0.867. The lowest BCUT2D eigenvalue weighted by Gasteiger charge is -2.14. The van der Waals surface area contributed by atoms with Crippen LogP contribution in [0.1, 0.15) is 11.1 Å². The van der Waals surface area contributed by atoms with Gasteiger partial charge >= 0.3 is 0 Å². The van der Waals surface area contributed by atoms with Crippen LogP contribution in [-0.4, -0.2) is 4.57 Å². The molecular weight excluding hydrogens is 472 g/mol. The van der Waals surface area contributed by atoms with E-state index < -0.39 is 0 Å². The fourth-order valence-corrected chi connectivity index (χ4v) is 6.94. The fourth-order valence-electron chi connectivity index (χ4n) is 6.94. The van der Waals surface area contributed by atoms with Gasteiger partial charge in [0.2, 0.25) is 0 Å². The zero-order chi connectivity index (χ0) is 25.5. The smallest absolute Gasteiger partial charge is 0.0544 e. The average Bonchev–Trinajstić information content (AvgIpc) is 3.52. The van der Waals surface area contributed by atoms with Gasteiger partial charge in [-0.15, -0.1) is 0 Å². The molecule has 2 heteroatoms. The van der Waals surface area contributed by atoms with Gasteiger partial charge in [-0.25, -0.2) is 0 Å².